The van der Waals surface area contributed by atoms with Gasteiger partial charge in [-0.1, -0.05) is 48.3 Å². The number of fused-ring (bicyclic) bond motifs is 1. The summed E-state index contributed by atoms with van der Waals surface area (Å²) in [5.74, 6) is -0.953. The highest BCUT2D eigenvalue weighted by Gasteiger charge is 2.39. The lowest BCUT2D eigenvalue weighted by Crippen LogP contribution is -2.40. The second-order valence-electron chi connectivity index (χ2n) is 9.74. The highest BCUT2D eigenvalue weighted by Crippen LogP contribution is 2.37. The number of benzene rings is 3. The first kappa shape index (κ1) is 32.3. The third-order valence-corrected chi connectivity index (χ3v) is 7.59. The van der Waals surface area contributed by atoms with Crippen molar-refractivity contribution in [2.45, 2.75) is 51.6 Å². The van der Waals surface area contributed by atoms with Gasteiger partial charge >= 0.3 is 12.4 Å². The molecule has 1 atom stereocenters. The van der Waals surface area contributed by atoms with Gasteiger partial charge in [-0.2, -0.15) is 26.3 Å². The first-order valence-electron chi connectivity index (χ1n) is 13.2. The maximum absolute atomic E-state index is 14.0. The first-order chi connectivity index (χ1) is 20.1. The minimum atomic E-state index is -5.15. The molecular formula is C30H25Cl2F6N3O2. The predicted molar refractivity (Wildman–Crippen MR) is 152 cm³/mol. The Kier molecular flexibility index (Phi) is 9.46. The summed E-state index contributed by atoms with van der Waals surface area (Å²) in [4.78, 5) is 33.2. The predicted octanol–water partition coefficient (Wildman–Crippen LogP) is 8.60. The highest BCUT2D eigenvalue weighted by atomic mass is 35.5. The molecule has 1 aromatic heterocycles. The Hall–Kier alpha value is -3.57. The van der Waals surface area contributed by atoms with E-state index >= 15 is 0 Å². The minimum absolute atomic E-state index is 0.0362. The zero-order chi connectivity index (χ0) is 31.7. The van der Waals surface area contributed by atoms with Crippen LogP contribution in [0.3, 0.4) is 0 Å². The molecule has 43 heavy (non-hydrogen) atoms. The molecule has 0 radical (unpaired) electrons. The average molecular weight is 644 g/mol. The van der Waals surface area contributed by atoms with Crippen LogP contribution in [0.2, 0.25) is 10.0 Å². The smallest absolute Gasteiger partial charge is 0.328 e. The van der Waals surface area contributed by atoms with Gasteiger partial charge in [0.1, 0.15) is 5.82 Å². The Bertz CT molecular complexity index is 1690. The molecule has 0 saturated heterocycles. The van der Waals surface area contributed by atoms with Crippen molar-refractivity contribution in [3.05, 3.63) is 109 Å². The number of para-hydroxylation sites is 1. The summed E-state index contributed by atoms with van der Waals surface area (Å²) in [6.45, 7) is 3.34. The number of amides is 1. The SMILES string of the molecule is CCC(c1nc2ccccc2c(=O)n1CC)N(CCc1ccc(Cl)cc1Cl)C(=O)c1cc(C(F)(F)F)cc(C(F)(F)F)c1. The molecule has 1 unspecified atom stereocenters. The van der Waals surface area contributed by atoms with Crippen LogP contribution in [-0.2, 0) is 25.3 Å². The molecule has 0 aliphatic heterocycles. The Morgan fingerprint density at radius 1 is 0.930 bits per heavy atom. The van der Waals surface area contributed by atoms with Gasteiger partial charge in [0.2, 0.25) is 0 Å². The molecule has 0 aliphatic rings. The number of nitrogens with zero attached hydrogens (tertiary/aromatic N) is 3. The lowest BCUT2D eigenvalue weighted by atomic mass is 10.0. The van der Waals surface area contributed by atoms with Crippen molar-refractivity contribution in [1.82, 2.24) is 14.5 Å². The quantitative estimate of drug-likeness (QED) is 0.181. The van der Waals surface area contributed by atoms with Crippen LogP contribution >= 0.6 is 23.2 Å². The molecule has 4 aromatic rings. The third kappa shape index (κ3) is 6.99. The summed E-state index contributed by atoms with van der Waals surface area (Å²) in [6.07, 6.45) is -10.1. The monoisotopic (exact) mass is 643 g/mol. The van der Waals surface area contributed by atoms with E-state index in [4.69, 9.17) is 23.2 Å². The van der Waals surface area contributed by atoms with E-state index in [1.54, 1.807) is 50.2 Å². The van der Waals surface area contributed by atoms with Crippen LogP contribution in [-0.4, -0.2) is 26.9 Å². The summed E-state index contributed by atoms with van der Waals surface area (Å²) in [7, 11) is 0. The normalized spacial score (nSPS) is 12.9. The van der Waals surface area contributed by atoms with Crippen LogP contribution in [0.25, 0.3) is 10.9 Å². The summed E-state index contributed by atoms with van der Waals surface area (Å²) < 4.78 is 83.3. The van der Waals surface area contributed by atoms with Crippen molar-refractivity contribution in [3.63, 3.8) is 0 Å². The highest BCUT2D eigenvalue weighted by molar-refractivity contribution is 6.35. The zero-order valence-corrected chi connectivity index (χ0v) is 24.4. The molecule has 0 fully saturated rings. The largest absolute Gasteiger partial charge is 0.416 e. The van der Waals surface area contributed by atoms with Crippen molar-refractivity contribution in [3.8, 4) is 0 Å². The van der Waals surface area contributed by atoms with Gasteiger partial charge in [-0.3, -0.25) is 14.2 Å². The molecule has 13 heteroatoms. The summed E-state index contributed by atoms with van der Waals surface area (Å²) in [5, 5.41) is 0.936. The van der Waals surface area contributed by atoms with Gasteiger partial charge in [0.25, 0.3) is 11.5 Å². The van der Waals surface area contributed by atoms with E-state index in [1.807, 2.05) is 0 Å². The number of hydrogen-bond acceptors (Lipinski definition) is 3. The van der Waals surface area contributed by atoms with Crippen molar-refractivity contribution >= 4 is 40.0 Å². The molecule has 0 N–H and O–H groups in total. The molecule has 1 heterocycles. The van der Waals surface area contributed by atoms with Gasteiger partial charge in [0, 0.05) is 28.7 Å². The van der Waals surface area contributed by atoms with E-state index < -0.39 is 46.6 Å². The second kappa shape index (κ2) is 12.6. The summed E-state index contributed by atoms with van der Waals surface area (Å²) >= 11 is 12.3. The zero-order valence-electron chi connectivity index (χ0n) is 22.9. The molecule has 0 saturated carbocycles. The van der Waals surface area contributed by atoms with E-state index in [1.165, 1.54) is 10.6 Å². The van der Waals surface area contributed by atoms with Crippen LogP contribution in [0.15, 0.2) is 65.5 Å². The lowest BCUT2D eigenvalue weighted by molar-refractivity contribution is -0.143. The van der Waals surface area contributed by atoms with Gasteiger partial charge in [-0.15, -0.1) is 0 Å². The Balaban J connectivity index is 1.91. The fourth-order valence-electron chi connectivity index (χ4n) is 4.90. The van der Waals surface area contributed by atoms with Crippen LogP contribution in [0, 0.1) is 0 Å². The molecule has 5 nitrogen and oxygen atoms in total. The number of rotatable bonds is 8. The van der Waals surface area contributed by atoms with Crippen molar-refractivity contribution in [1.29, 1.82) is 0 Å². The van der Waals surface area contributed by atoms with E-state index in [-0.39, 0.29) is 42.8 Å². The number of aromatic nitrogens is 2. The molecule has 0 aliphatic carbocycles. The van der Waals surface area contributed by atoms with Gasteiger partial charge in [-0.25, -0.2) is 4.98 Å². The number of hydrogen-bond donors (Lipinski definition) is 0. The number of carbonyl (C=O) groups excluding carboxylic acids is 1. The fourth-order valence-corrected chi connectivity index (χ4v) is 5.40. The van der Waals surface area contributed by atoms with Gasteiger partial charge in [0.05, 0.1) is 28.1 Å². The van der Waals surface area contributed by atoms with Gasteiger partial charge < -0.3 is 4.90 Å². The number of carbonyl (C=O) groups is 1. The Labute approximate surface area is 252 Å². The Morgan fingerprint density at radius 3 is 2.12 bits per heavy atom. The second-order valence-corrected chi connectivity index (χ2v) is 10.6. The molecule has 228 valence electrons. The van der Waals surface area contributed by atoms with Crippen LogP contribution in [0.1, 0.15) is 59.2 Å². The third-order valence-electron chi connectivity index (χ3n) is 7.00. The summed E-state index contributed by atoms with van der Waals surface area (Å²) in [6, 6.07) is 10.9. The average Bonchev–Trinajstić information content (AvgIpc) is 2.94. The maximum atomic E-state index is 14.0. The summed E-state index contributed by atoms with van der Waals surface area (Å²) in [5.41, 5.74) is -3.57. The number of alkyl halides is 6. The first-order valence-corrected chi connectivity index (χ1v) is 13.9. The van der Waals surface area contributed by atoms with E-state index in [0.717, 1.165) is 4.90 Å². The van der Waals surface area contributed by atoms with E-state index in [9.17, 15) is 35.9 Å². The molecule has 1 amide bonds. The fraction of sp³-hybridized carbons (Fsp3) is 0.300. The topological polar surface area (TPSA) is 55.2 Å². The molecule has 3 aromatic carbocycles. The van der Waals surface area contributed by atoms with Crippen LogP contribution < -0.4 is 5.56 Å². The standard InChI is InChI=1S/C30H25Cl2F6N3O2/c1-3-25(26-39-24-8-6-5-7-22(24)28(43)40(26)4-2)41(12-11-17-9-10-21(31)16-23(17)32)27(42)18-13-19(29(33,34)35)15-20(14-18)30(36,37)38/h5-10,13-16,25H,3-4,11-12H2,1-2H3. The lowest BCUT2D eigenvalue weighted by Gasteiger charge is -2.33. The maximum Gasteiger partial charge on any atom is 0.416 e. The molecular weight excluding hydrogens is 619 g/mol. The molecule has 4 rings (SSSR count). The van der Waals surface area contributed by atoms with E-state index in [2.05, 4.69) is 4.98 Å². The molecule has 0 bridgehead atoms. The van der Waals surface area contributed by atoms with Crippen LogP contribution in [0.5, 0.6) is 0 Å². The van der Waals surface area contributed by atoms with Crippen molar-refractivity contribution in [2.24, 2.45) is 0 Å². The number of halogens is 8. The Morgan fingerprint density at radius 2 is 1.56 bits per heavy atom. The van der Waals surface area contributed by atoms with Crippen molar-refractivity contribution in [2.75, 3.05) is 6.54 Å². The van der Waals surface area contributed by atoms with Gasteiger partial charge in [-0.05, 0) is 67.8 Å². The minimum Gasteiger partial charge on any atom is -0.328 e. The molecule has 0 spiro atoms. The van der Waals surface area contributed by atoms with Crippen molar-refractivity contribution < 1.29 is 31.1 Å². The van der Waals surface area contributed by atoms with Gasteiger partial charge in [0.15, 0.2) is 0 Å². The van der Waals surface area contributed by atoms with Crippen LogP contribution in [0.4, 0.5) is 26.3 Å². The van der Waals surface area contributed by atoms with E-state index in [0.29, 0.717) is 33.6 Å².